The highest BCUT2D eigenvalue weighted by Crippen LogP contribution is 2.31. The van der Waals surface area contributed by atoms with Crippen molar-refractivity contribution in [2.45, 2.75) is 20.3 Å². The van der Waals surface area contributed by atoms with Crippen LogP contribution in [0.25, 0.3) is 5.57 Å². The second-order valence-electron chi connectivity index (χ2n) is 6.01. The third kappa shape index (κ3) is 3.20. The predicted octanol–water partition coefficient (Wildman–Crippen LogP) is 3.47. The number of methoxy groups -OCH3 is 1. The van der Waals surface area contributed by atoms with E-state index in [2.05, 4.69) is 12.2 Å². The first-order valence-corrected chi connectivity index (χ1v) is 8.69. The van der Waals surface area contributed by atoms with Crippen LogP contribution < -0.4 is 10.1 Å². The van der Waals surface area contributed by atoms with Crippen molar-refractivity contribution in [2.24, 2.45) is 0 Å². The highest BCUT2D eigenvalue weighted by molar-refractivity contribution is 6.36. The molecule has 0 unspecified atom stereocenters. The molecular weight excluding hydrogens is 328 g/mol. The van der Waals surface area contributed by atoms with Gasteiger partial charge in [0, 0.05) is 12.2 Å². The van der Waals surface area contributed by atoms with Crippen LogP contribution in [0.5, 0.6) is 5.75 Å². The van der Waals surface area contributed by atoms with Gasteiger partial charge in [-0.1, -0.05) is 31.2 Å². The molecule has 0 saturated carbocycles. The Balaban J connectivity index is 2.02. The maximum atomic E-state index is 12.8. The molecule has 2 aromatic carbocycles. The van der Waals surface area contributed by atoms with E-state index in [-0.39, 0.29) is 11.8 Å². The molecule has 1 N–H and O–H groups in total. The second kappa shape index (κ2) is 7.44. The zero-order valence-corrected chi connectivity index (χ0v) is 15.2. The molecule has 2 aromatic rings. The van der Waals surface area contributed by atoms with E-state index in [1.165, 1.54) is 10.5 Å². The predicted molar refractivity (Wildman–Crippen MR) is 102 cm³/mol. The minimum atomic E-state index is -0.303. The van der Waals surface area contributed by atoms with E-state index in [0.29, 0.717) is 29.1 Å². The Morgan fingerprint density at radius 2 is 1.58 bits per heavy atom. The number of carbonyl (C=O) groups excluding carboxylic acids is 2. The summed E-state index contributed by atoms with van der Waals surface area (Å²) in [7, 11) is 1.59. The molecule has 0 aliphatic carbocycles. The summed E-state index contributed by atoms with van der Waals surface area (Å²) in [6.45, 7) is 4.21. The van der Waals surface area contributed by atoms with Gasteiger partial charge in [0.2, 0.25) is 0 Å². The highest BCUT2D eigenvalue weighted by atomic mass is 16.5. The van der Waals surface area contributed by atoms with Crippen molar-refractivity contribution >= 4 is 23.1 Å². The Morgan fingerprint density at radius 1 is 0.923 bits per heavy atom. The highest BCUT2D eigenvalue weighted by Gasteiger charge is 2.38. The number of ether oxygens (including phenoxy) is 1. The van der Waals surface area contributed by atoms with Gasteiger partial charge < -0.3 is 10.1 Å². The molecule has 0 bridgehead atoms. The first kappa shape index (κ1) is 17.7. The van der Waals surface area contributed by atoms with Crippen LogP contribution in [0, 0.1) is 0 Å². The topological polar surface area (TPSA) is 58.6 Å². The number of hydrogen-bond acceptors (Lipinski definition) is 4. The van der Waals surface area contributed by atoms with E-state index >= 15 is 0 Å². The van der Waals surface area contributed by atoms with Gasteiger partial charge in [-0.2, -0.15) is 0 Å². The Hall–Kier alpha value is -3.08. The maximum absolute atomic E-state index is 12.8. The number of nitrogens with one attached hydrogen (secondary N) is 1. The molecule has 134 valence electrons. The van der Waals surface area contributed by atoms with Crippen molar-refractivity contribution in [2.75, 3.05) is 19.0 Å². The average molecular weight is 350 g/mol. The van der Waals surface area contributed by atoms with E-state index in [0.717, 1.165) is 12.1 Å². The lowest BCUT2D eigenvalue weighted by atomic mass is 10.0. The molecule has 5 heteroatoms. The number of amides is 2. The Kier molecular flexibility index (Phi) is 5.07. The molecule has 1 aliphatic rings. The average Bonchev–Trinajstić information content (AvgIpc) is 2.91. The Bertz CT molecular complexity index is 852. The van der Waals surface area contributed by atoms with E-state index in [1.54, 1.807) is 38.3 Å². The van der Waals surface area contributed by atoms with Crippen molar-refractivity contribution < 1.29 is 14.3 Å². The fourth-order valence-corrected chi connectivity index (χ4v) is 2.97. The number of benzene rings is 2. The van der Waals surface area contributed by atoms with Crippen LogP contribution in [0.3, 0.4) is 0 Å². The van der Waals surface area contributed by atoms with Crippen LogP contribution in [0.1, 0.15) is 25.0 Å². The third-order valence-corrected chi connectivity index (χ3v) is 4.49. The van der Waals surface area contributed by atoms with Crippen LogP contribution >= 0.6 is 0 Å². The summed E-state index contributed by atoms with van der Waals surface area (Å²) in [5, 5.41) is 3.15. The van der Waals surface area contributed by atoms with E-state index in [1.807, 2.05) is 24.3 Å². The van der Waals surface area contributed by atoms with E-state index in [9.17, 15) is 9.59 Å². The largest absolute Gasteiger partial charge is 0.497 e. The summed E-state index contributed by atoms with van der Waals surface area (Å²) in [6, 6.07) is 15.0. The number of rotatable bonds is 6. The summed E-state index contributed by atoms with van der Waals surface area (Å²) < 4.78 is 5.17. The summed E-state index contributed by atoms with van der Waals surface area (Å²) in [6.07, 6.45) is 0.946. The Morgan fingerprint density at radius 3 is 2.12 bits per heavy atom. The molecule has 1 heterocycles. The van der Waals surface area contributed by atoms with Gasteiger partial charge in [0.25, 0.3) is 11.8 Å². The van der Waals surface area contributed by atoms with Crippen LogP contribution in [0.15, 0.2) is 54.2 Å². The van der Waals surface area contributed by atoms with Crippen molar-refractivity contribution in [3.05, 3.63) is 65.4 Å². The van der Waals surface area contributed by atoms with Crippen molar-refractivity contribution in [1.29, 1.82) is 0 Å². The fourth-order valence-electron chi connectivity index (χ4n) is 2.97. The summed E-state index contributed by atoms with van der Waals surface area (Å²) >= 11 is 0. The fraction of sp³-hybridized carbons (Fsp3) is 0.238. The van der Waals surface area contributed by atoms with Crippen LogP contribution in [0.2, 0.25) is 0 Å². The normalized spacial score (nSPS) is 14.2. The zero-order chi connectivity index (χ0) is 18.7. The van der Waals surface area contributed by atoms with Crippen LogP contribution in [0.4, 0.5) is 5.69 Å². The summed E-state index contributed by atoms with van der Waals surface area (Å²) in [5.41, 5.74) is 3.38. The quantitative estimate of drug-likeness (QED) is 0.811. The molecule has 5 nitrogen and oxygen atoms in total. The van der Waals surface area contributed by atoms with E-state index in [4.69, 9.17) is 4.74 Å². The number of anilines is 1. The number of likely N-dealkylation sites (N-methyl/N-ethyl adjacent to an activating group) is 1. The van der Waals surface area contributed by atoms with Gasteiger partial charge in [-0.25, -0.2) is 0 Å². The first-order valence-electron chi connectivity index (χ1n) is 8.69. The van der Waals surface area contributed by atoms with Gasteiger partial charge in [0.1, 0.15) is 11.4 Å². The van der Waals surface area contributed by atoms with Gasteiger partial charge >= 0.3 is 0 Å². The van der Waals surface area contributed by atoms with Gasteiger partial charge in [-0.15, -0.1) is 0 Å². The molecule has 0 radical (unpaired) electrons. The molecule has 26 heavy (non-hydrogen) atoms. The number of aryl methyl sites for hydroxylation is 1. The van der Waals surface area contributed by atoms with Gasteiger partial charge in [0.15, 0.2) is 0 Å². The molecule has 0 aromatic heterocycles. The lowest BCUT2D eigenvalue weighted by Gasteiger charge is -2.12. The maximum Gasteiger partial charge on any atom is 0.278 e. The van der Waals surface area contributed by atoms with Crippen molar-refractivity contribution in [3.8, 4) is 5.75 Å². The first-order chi connectivity index (χ1) is 12.6. The lowest BCUT2D eigenvalue weighted by Crippen LogP contribution is -2.32. The van der Waals surface area contributed by atoms with Gasteiger partial charge in [0.05, 0.1) is 12.7 Å². The van der Waals surface area contributed by atoms with E-state index < -0.39 is 0 Å². The molecule has 0 atom stereocenters. The standard InChI is InChI=1S/C21H22N2O3/c1-4-14-6-10-16(11-7-14)22-19-18(20(24)23(5-2)21(19)25)15-8-12-17(26-3)13-9-15/h6-13,22H,4-5H2,1-3H3. The number of hydrogen-bond donors (Lipinski definition) is 1. The number of imide groups is 1. The number of nitrogens with zero attached hydrogens (tertiary/aromatic N) is 1. The van der Waals surface area contributed by atoms with Crippen LogP contribution in [-0.4, -0.2) is 30.4 Å². The SMILES string of the molecule is CCc1ccc(NC2=C(c3ccc(OC)cc3)C(=O)N(CC)C2=O)cc1. The summed E-state index contributed by atoms with van der Waals surface area (Å²) in [4.78, 5) is 26.8. The Labute approximate surface area is 153 Å². The van der Waals surface area contributed by atoms with Gasteiger partial charge in [-0.3, -0.25) is 14.5 Å². The molecular formula is C21H22N2O3. The number of carbonyl (C=O) groups is 2. The molecule has 0 saturated heterocycles. The zero-order valence-electron chi connectivity index (χ0n) is 15.2. The molecule has 0 fully saturated rings. The van der Waals surface area contributed by atoms with Crippen LogP contribution in [-0.2, 0) is 16.0 Å². The second-order valence-corrected chi connectivity index (χ2v) is 6.01. The monoisotopic (exact) mass is 350 g/mol. The molecule has 1 aliphatic heterocycles. The minimum absolute atomic E-state index is 0.282. The smallest absolute Gasteiger partial charge is 0.278 e. The van der Waals surface area contributed by atoms with Gasteiger partial charge in [-0.05, 0) is 48.7 Å². The summed E-state index contributed by atoms with van der Waals surface area (Å²) in [5.74, 6) is 0.112. The molecule has 2 amide bonds. The third-order valence-electron chi connectivity index (χ3n) is 4.49. The van der Waals surface area contributed by atoms with Crippen molar-refractivity contribution in [3.63, 3.8) is 0 Å². The molecule has 3 rings (SSSR count). The molecule has 0 spiro atoms. The van der Waals surface area contributed by atoms with Crippen molar-refractivity contribution in [1.82, 2.24) is 4.90 Å². The lowest BCUT2D eigenvalue weighted by molar-refractivity contribution is -0.136. The minimum Gasteiger partial charge on any atom is -0.497 e.